The molecule has 0 aliphatic carbocycles. The van der Waals surface area contributed by atoms with E-state index in [2.05, 4.69) is 0 Å². The Morgan fingerprint density at radius 2 is 1.10 bits per heavy atom. The van der Waals surface area contributed by atoms with Crippen LogP contribution in [0.4, 0.5) is 4.79 Å². The van der Waals surface area contributed by atoms with E-state index in [0.717, 1.165) is 0 Å². The van der Waals surface area contributed by atoms with Crippen LogP contribution in [0.3, 0.4) is 0 Å². The van der Waals surface area contributed by atoms with Gasteiger partial charge in [-0.1, -0.05) is 0 Å². The standard InChI is InChI=1S/CH2O3.Mn.H3O4P/c2-1(3)4;;1-5(2,3)4/h(H2,2,3,4);;(H3,1,2,3,4)/q;+5;/p-5. The number of phosphoric acid groups is 1. The van der Waals surface area contributed by atoms with E-state index in [9.17, 15) is 0 Å². The van der Waals surface area contributed by atoms with Crippen LogP contribution in [0.1, 0.15) is 0 Å². The summed E-state index contributed by atoms with van der Waals surface area (Å²) >= 11 is 0. The molecule has 0 rings (SSSR count). The monoisotopic (exact) mass is 210 g/mol. The molecule has 0 aliphatic rings. The normalized spacial score (nSPS) is 8.30. The number of carbonyl (C=O) groups excluding carboxylic acids is 1. The molecular formula is CMnO7P. The van der Waals surface area contributed by atoms with Crippen molar-refractivity contribution in [3.8, 4) is 0 Å². The summed E-state index contributed by atoms with van der Waals surface area (Å²) in [5, 5.41) is 16.7. The van der Waals surface area contributed by atoms with Crippen LogP contribution in [0.2, 0.25) is 0 Å². The molecule has 0 unspecified atom stereocenters. The van der Waals surface area contributed by atoms with Gasteiger partial charge in [0.2, 0.25) is 0 Å². The second kappa shape index (κ2) is 7.01. The van der Waals surface area contributed by atoms with Crippen molar-refractivity contribution in [2.75, 3.05) is 0 Å². The first-order valence-corrected chi connectivity index (χ1v) is 2.80. The van der Waals surface area contributed by atoms with Gasteiger partial charge in [-0.25, -0.2) is 0 Å². The Morgan fingerprint density at radius 3 is 1.10 bits per heavy atom. The van der Waals surface area contributed by atoms with Crippen LogP contribution in [0.25, 0.3) is 0 Å². The minimum atomic E-state index is -5.39. The SMILES string of the molecule is O=C([O-])[O-].O=P([O-])([O-])[O-].[Mn+5]. The predicted molar refractivity (Wildman–Crippen MR) is 13.0 cm³/mol. The minimum absolute atomic E-state index is 0. The maximum Gasteiger partial charge on any atom is 5.00 e. The molecule has 58 valence electrons. The van der Waals surface area contributed by atoms with Gasteiger partial charge in [0.25, 0.3) is 0 Å². The third kappa shape index (κ3) is 37200. The number of hydrogen-bond donors (Lipinski definition) is 0. The van der Waals surface area contributed by atoms with Crippen molar-refractivity contribution >= 4 is 14.0 Å². The van der Waals surface area contributed by atoms with Crippen LogP contribution in [0.5, 0.6) is 0 Å². The summed E-state index contributed by atoms with van der Waals surface area (Å²) in [5.74, 6) is 0. The number of carbonyl (C=O) groups is 1. The Balaban J connectivity index is -0.0000000910. The van der Waals surface area contributed by atoms with E-state index in [1.54, 1.807) is 0 Å². The Morgan fingerprint density at radius 1 is 1.10 bits per heavy atom. The molecule has 0 aromatic carbocycles. The molecule has 0 heterocycles. The van der Waals surface area contributed by atoms with Crippen molar-refractivity contribution in [1.29, 1.82) is 0 Å². The van der Waals surface area contributed by atoms with Crippen molar-refractivity contribution in [1.82, 2.24) is 0 Å². The molecule has 0 bridgehead atoms. The van der Waals surface area contributed by atoms with Gasteiger partial charge in [-0.05, 0) is 6.16 Å². The first kappa shape index (κ1) is 16.5. The van der Waals surface area contributed by atoms with Crippen LogP contribution in [0, 0.1) is 0 Å². The van der Waals surface area contributed by atoms with Crippen molar-refractivity contribution in [3.05, 3.63) is 0 Å². The maximum absolute atomic E-state index is 8.55. The number of carboxylic acid groups (broad SMARTS) is 2. The third-order valence-electron chi connectivity index (χ3n) is 0. The Labute approximate surface area is 66.0 Å². The molecule has 0 aromatic rings. The van der Waals surface area contributed by atoms with Gasteiger partial charge in [-0.15, -0.1) is 0 Å². The van der Waals surface area contributed by atoms with E-state index < -0.39 is 14.0 Å². The summed E-state index contributed by atoms with van der Waals surface area (Å²) in [4.78, 5) is 34.0. The van der Waals surface area contributed by atoms with Crippen LogP contribution in [-0.2, 0) is 21.6 Å². The smallest absolute Gasteiger partial charge is 0.822 e. The van der Waals surface area contributed by atoms with E-state index in [0.29, 0.717) is 0 Å². The Hall–Kier alpha value is -0.101. The Bertz CT molecular complexity index is 113. The van der Waals surface area contributed by atoms with Gasteiger partial charge in [0.05, 0.1) is 0 Å². The van der Waals surface area contributed by atoms with Crippen LogP contribution >= 0.6 is 7.82 Å². The zero-order valence-corrected chi connectivity index (χ0v) is 6.26. The molecule has 0 amide bonds. The fourth-order valence-electron chi connectivity index (χ4n) is 0. The third-order valence-corrected chi connectivity index (χ3v) is 0. The second-order valence-corrected chi connectivity index (χ2v) is 1.59. The van der Waals surface area contributed by atoms with Gasteiger partial charge in [0, 0.05) is 0 Å². The summed E-state index contributed by atoms with van der Waals surface area (Å²) in [6.45, 7) is 0. The summed E-state index contributed by atoms with van der Waals surface area (Å²) in [6.07, 6.45) is -2.33. The summed E-state index contributed by atoms with van der Waals surface area (Å²) in [6, 6.07) is 0. The molecule has 0 saturated heterocycles. The molecule has 10 heavy (non-hydrogen) atoms. The molecule has 0 spiro atoms. The predicted octanol–water partition coefficient (Wildman–Crippen LogP) is -5.27. The van der Waals surface area contributed by atoms with Crippen LogP contribution < -0.4 is 24.9 Å². The fraction of sp³-hybridized carbons (Fsp3) is 0. The van der Waals surface area contributed by atoms with Gasteiger partial charge in [-0.2, -0.15) is 7.82 Å². The Kier molecular flexibility index (Phi) is 11.5. The molecule has 9 heteroatoms. The molecule has 7 nitrogen and oxygen atoms in total. The van der Waals surface area contributed by atoms with Crippen molar-refractivity contribution in [2.45, 2.75) is 0 Å². The first-order chi connectivity index (χ1) is 3.73. The zero-order chi connectivity index (χ0) is 8.08. The van der Waals surface area contributed by atoms with E-state index in [1.807, 2.05) is 0 Å². The van der Waals surface area contributed by atoms with Crippen LogP contribution in [0.15, 0.2) is 0 Å². The van der Waals surface area contributed by atoms with E-state index in [4.69, 9.17) is 34.3 Å². The number of rotatable bonds is 0. The maximum atomic E-state index is 8.55. The average molecular weight is 210 g/mol. The van der Waals surface area contributed by atoms with Gasteiger partial charge >= 0.3 is 17.1 Å². The van der Waals surface area contributed by atoms with Gasteiger partial charge in [0.1, 0.15) is 0 Å². The molecular weight excluding hydrogens is 210 g/mol. The quantitative estimate of drug-likeness (QED) is 0.286. The number of hydrogen-bond acceptors (Lipinski definition) is 7. The van der Waals surface area contributed by atoms with Gasteiger partial charge in [0.15, 0.2) is 0 Å². The summed E-state index contributed by atoms with van der Waals surface area (Å²) in [5.41, 5.74) is 0. The van der Waals surface area contributed by atoms with E-state index in [-0.39, 0.29) is 17.1 Å². The van der Waals surface area contributed by atoms with Crippen molar-refractivity contribution in [2.24, 2.45) is 0 Å². The first-order valence-electron chi connectivity index (χ1n) is 1.34. The molecule has 0 saturated carbocycles. The molecule has 0 aromatic heterocycles. The van der Waals surface area contributed by atoms with Gasteiger partial charge in [-0.3, -0.25) is 0 Å². The topological polar surface area (TPSA) is 149 Å². The molecule has 0 fully saturated rings. The van der Waals surface area contributed by atoms with E-state index in [1.165, 1.54) is 0 Å². The fourth-order valence-corrected chi connectivity index (χ4v) is 0. The molecule has 0 N–H and O–H groups in total. The van der Waals surface area contributed by atoms with Crippen LogP contribution in [-0.4, -0.2) is 6.16 Å². The minimum Gasteiger partial charge on any atom is -0.822 e. The summed E-state index contributed by atoms with van der Waals surface area (Å²) in [7, 11) is -5.39. The molecule has 0 radical (unpaired) electrons. The van der Waals surface area contributed by atoms with E-state index >= 15 is 0 Å². The molecule has 0 atom stereocenters. The summed E-state index contributed by atoms with van der Waals surface area (Å²) < 4.78 is 8.55. The zero-order valence-electron chi connectivity index (χ0n) is 4.18. The average Bonchev–Trinajstić information content (AvgIpc) is 1.19. The van der Waals surface area contributed by atoms with Gasteiger partial charge < -0.3 is 34.3 Å². The van der Waals surface area contributed by atoms with Crippen molar-refractivity contribution in [3.63, 3.8) is 0 Å². The molecule has 0 aliphatic heterocycles. The largest absolute Gasteiger partial charge is 5.00 e. The van der Waals surface area contributed by atoms with Crippen molar-refractivity contribution < 1.29 is 51.3 Å². The second-order valence-electron chi connectivity index (χ2n) is 0.697.